The van der Waals surface area contributed by atoms with E-state index in [9.17, 15) is 8.42 Å². The summed E-state index contributed by atoms with van der Waals surface area (Å²) in [5.74, 6) is 0. The number of anilines is 1. The summed E-state index contributed by atoms with van der Waals surface area (Å²) in [4.78, 5) is 2.64. The summed E-state index contributed by atoms with van der Waals surface area (Å²) in [5.41, 5.74) is 1.08. The predicted octanol–water partition coefficient (Wildman–Crippen LogP) is 1.71. The van der Waals surface area contributed by atoms with Crippen molar-refractivity contribution in [3.63, 3.8) is 0 Å². The number of benzene rings is 1. The normalized spacial score (nSPS) is 27.3. The molecule has 4 nitrogen and oxygen atoms in total. The molecule has 19 heavy (non-hydrogen) atoms. The van der Waals surface area contributed by atoms with E-state index >= 15 is 0 Å². The second kappa shape index (κ2) is 4.49. The van der Waals surface area contributed by atoms with Gasteiger partial charge in [0, 0.05) is 31.4 Å². The first-order valence-corrected chi connectivity index (χ1v) is 8.51. The van der Waals surface area contributed by atoms with Gasteiger partial charge in [0.2, 0.25) is 0 Å². The van der Waals surface area contributed by atoms with Crippen molar-refractivity contribution in [2.75, 3.05) is 37.5 Å². The molecule has 0 N–H and O–H groups in total. The van der Waals surface area contributed by atoms with E-state index in [4.69, 9.17) is 4.74 Å². The molecule has 0 aliphatic carbocycles. The number of hydrogen-bond donors (Lipinski definition) is 0. The lowest BCUT2D eigenvalue weighted by atomic mass is 9.87. The van der Waals surface area contributed by atoms with Crippen LogP contribution in [0.25, 0.3) is 0 Å². The number of rotatable bonds is 2. The average Bonchev–Trinajstić information content (AvgIpc) is 2.99. The molecule has 0 bridgehead atoms. The maximum Gasteiger partial charge on any atom is 0.177 e. The molecule has 2 fully saturated rings. The summed E-state index contributed by atoms with van der Waals surface area (Å²) in [6.07, 6.45) is 3.45. The van der Waals surface area contributed by atoms with E-state index in [0.29, 0.717) is 4.90 Å². The quantitative estimate of drug-likeness (QED) is 0.828. The third-order valence-corrected chi connectivity index (χ3v) is 5.37. The molecule has 0 aromatic heterocycles. The molecule has 2 heterocycles. The van der Waals surface area contributed by atoms with E-state index < -0.39 is 9.84 Å². The van der Waals surface area contributed by atoms with Crippen molar-refractivity contribution in [1.82, 2.24) is 0 Å². The van der Waals surface area contributed by atoms with E-state index in [-0.39, 0.29) is 5.41 Å². The third kappa shape index (κ3) is 2.37. The van der Waals surface area contributed by atoms with Crippen molar-refractivity contribution < 1.29 is 13.2 Å². The fourth-order valence-corrected chi connectivity index (χ4v) is 4.05. The fourth-order valence-electron chi connectivity index (χ4n) is 3.14. The molecule has 0 saturated carbocycles. The molecule has 1 unspecified atom stereocenters. The summed E-state index contributed by atoms with van der Waals surface area (Å²) < 4.78 is 29.3. The molecule has 2 aliphatic heterocycles. The first-order chi connectivity index (χ1) is 9.00. The highest BCUT2D eigenvalue weighted by molar-refractivity contribution is 7.90. The van der Waals surface area contributed by atoms with Gasteiger partial charge in [0.15, 0.2) is 9.84 Å². The first-order valence-electron chi connectivity index (χ1n) is 6.62. The minimum Gasteiger partial charge on any atom is -0.381 e. The number of sulfone groups is 1. The van der Waals surface area contributed by atoms with Gasteiger partial charge >= 0.3 is 0 Å². The number of ether oxygens (including phenoxy) is 1. The highest BCUT2D eigenvalue weighted by atomic mass is 32.2. The Morgan fingerprint density at radius 1 is 1.26 bits per heavy atom. The Morgan fingerprint density at radius 3 is 2.74 bits per heavy atom. The molecule has 2 saturated heterocycles. The highest BCUT2D eigenvalue weighted by Crippen LogP contribution is 2.41. The molecule has 5 heteroatoms. The van der Waals surface area contributed by atoms with Crippen LogP contribution in [0.4, 0.5) is 5.69 Å². The molecule has 1 aromatic carbocycles. The SMILES string of the molecule is CS(=O)(=O)c1ccccc1N1CCC2(CCOC2)C1. The van der Waals surface area contributed by atoms with Crippen LogP contribution >= 0.6 is 0 Å². The van der Waals surface area contributed by atoms with E-state index in [0.717, 1.165) is 44.8 Å². The van der Waals surface area contributed by atoms with Crippen molar-refractivity contribution >= 4 is 15.5 Å². The van der Waals surface area contributed by atoms with E-state index in [1.54, 1.807) is 12.1 Å². The molecule has 1 aromatic rings. The van der Waals surface area contributed by atoms with Gasteiger partial charge in [-0.2, -0.15) is 0 Å². The predicted molar refractivity (Wildman–Crippen MR) is 74.3 cm³/mol. The zero-order chi connectivity index (χ0) is 13.5. The molecular formula is C14H19NO3S. The Hall–Kier alpha value is -1.07. The van der Waals surface area contributed by atoms with Crippen molar-refractivity contribution in [2.45, 2.75) is 17.7 Å². The smallest absolute Gasteiger partial charge is 0.177 e. The van der Waals surface area contributed by atoms with Crippen LogP contribution in [0.3, 0.4) is 0 Å². The lowest BCUT2D eigenvalue weighted by Crippen LogP contribution is -2.28. The van der Waals surface area contributed by atoms with Gasteiger partial charge in [0.25, 0.3) is 0 Å². The zero-order valence-corrected chi connectivity index (χ0v) is 11.9. The molecule has 0 amide bonds. The van der Waals surface area contributed by atoms with Crippen LogP contribution in [0.15, 0.2) is 29.2 Å². The Labute approximate surface area is 114 Å². The summed E-state index contributed by atoms with van der Waals surface area (Å²) >= 11 is 0. The van der Waals surface area contributed by atoms with Gasteiger partial charge in [-0.3, -0.25) is 0 Å². The average molecular weight is 281 g/mol. The monoisotopic (exact) mass is 281 g/mol. The van der Waals surface area contributed by atoms with Crippen molar-refractivity contribution in [3.05, 3.63) is 24.3 Å². The van der Waals surface area contributed by atoms with Gasteiger partial charge in [-0.05, 0) is 25.0 Å². The lowest BCUT2D eigenvalue weighted by Gasteiger charge is -2.24. The summed E-state index contributed by atoms with van der Waals surface area (Å²) in [6.45, 7) is 3.46. The van der Waals surface area contributed by atoms with Crippen LogP contribution in [-0.4, -0.2) is 41.0 Å². The van der Waals surface area contributed by atoms with Crippen LogP contribution < -0.4 is 4.90 Å². The van der Waals surface area contributed by atoms with Crippen LogP contribution in [0.1, 0.15) is 12.8 Å². The summed E-state index contributed by atoms with van der Waals surface area (Å²) in [6, 6.07) is 7.29. The largest absolute Gasteiger partial charge is 0.381 e. The van der Waals surface area contributed by atoms with Gasteiger partial charge in [-0.25, -0.2) is 8.42 Å². The zero-order valence-electron chi connectivity index (χ0n) is 11.1. The maximum absolute atomic E-state index is 11.9. The maximum atomic E-state index is 11.9. The third-order valence-electron chi connectivity index (χ3n) is 4.23. The van der Waals surface area contributed by atoms with E-state index in [1.807, 2.05) is 12.1 Å². The molecule has 2 aliphatic rings. The molecular weight excluding hydrogens is 262 g/mol. The minimum atomic E-state index is -3.18. The molecule has 104 valence electrons. The molecule has 3 rings (SSSR count). The fraction of sp³-hybridized carbons (Fsp3) is 0.571. The first kappa shape index (κ1) is 12.9. The highest BCUT2D eigenvalue weighted by Gasteiger charge is 2.42. The Kier molecular flexibility index (Phi) is 3.06. The van der Waals surface area contributed by atoms with Crippen LogP contribution in [0.5, 0.6) is 0 Å². The van der Waals surface area contributed by atoms with Crippen LogP contribution in [0.2, 0.25) is 0 Å². The second-order valence-corrected chi connectivity index (χ2v) is 7.70. The lowest BCUT2D eigenvalue weighted by molar-refractivity contribution is 0.160. The Bertz CT molecular complexity index is 576. The van der Waals surface area contributed by atoms with Gasteiger partial charge in [-0.15, -0.1) is 0 Å². The van der Waals surface area contributed by atoms with Crippen molar-refractivity contribution in [3.8, 4) is 0 Å². The standard InChI is InChI=1S/C14H19NO3S/c1-19(16,17)13-5-3-2-4-12(13)15-8-6-14(10-15)7-9-18-11-14/h2-5H,6-11H2,1H3. The minimum absolute atomic E-state index is 0.241. The second-order valence-electron chi connectivity index (χ2n) is 5.71. The molecule has 1 atom stereocenters. The number of para-hydroxylation sites is 1. The van der Waals surface area contributed by atoms with E-state index in [2.05, 4.69) is 4.90 Å². The van der Waals surface area contributed by atoms with Crippen LogP contribution in [-0.2, 0) is 14.6 Å². The number of nitrogens with zero attached hydrogens (tertiary/aromatic N) is 1. The summed E-state index contributed by atoms with van der Waals surface area (Å²) in [7, 11) is -3.18. The Morgan fingerprint density at radius 2 is 2.05 bits per heavy atom. The van der Waals surface area contributed by atoms with Crippen molar-refractivity contribution in [2.24, 2.45) is 5.41 Å². The van der Waals surface area contributed by atoms with Gasteiger partial charge in [0.05, 0.1) is 17.2 Å². The van der Waals surface area contributed by atoms with Crippen molar-refractivity contribution in [1.29, 1.82) is 0 Å². The molecule has 0 radical (unpaired) electrons. The molecule has 1 spiro atoms. The Balaban J connectivity index is 1.92. The van der Waals surface area contributed by atoms with Gasteiger partial charge in [-0.1, -0.05) is 12.1 Å². The van der Waals surface area contributed by atoms with Crippen LogP contribution in [0, 0.1) is 5.41 Å². The van der Waals surface area contributed by atoms with Gasteiger partial charge in [0.1, 0.15) is 0 Å². The summed E-state index contributed by atoms with van der Waals surface area (Å²) in [5, 5.41) is 0. The van der Waals surface area contributed by atoms with Gasteiger partial charge < -0.3 is 9.64 Å². The van der Waals surface area contributed by atoms with E-state index in [1.165, 1.54) is 6.26 Å². The number of hydrogen-bond acceptors (Lipinski definition) is 4. The topological polar surface area (TPSA) is 46.6 Å².